The second-order valence-electron chi connectivity index (χ2n) is 5.83. The minimum absolute atomic E-state index is 0.103. The van der Waals surface area contributed by atoms with Gasteiger partial charge in [-0.05, 0) is 29.1 Å². The van der Waals surface area contributed by atoms with E-state index in [1.54, 1.807) is 29.8 Å². The van der Waals surface area contributed by atoms with Crippen molar-refractivity contribution in [2.24, 2.45) is 0 Å². The van der Waals surface area contributed by atoms with Crippen molar-refractivity contribution in [3.8, 4) is 11.5 Å². The van der Waals surface area contributed by atoms with Crippen molar-refractivity contribution in [3.63, 3.8) is 0 Å². The highest BCUT2D eigenvalue weighted by Crippen LogP contribution is 2.27. The van der Waals surface area contributed by atoms with Crippen LogP contribution in [0.4, 0.5) is 0 Å². The summed E-state index contributed by atoms with van der Waals surface area (Å²) in [7, 11) is 0. The Bertz CT molecular complexity index is 1020. The monoisotopic (exact) mass is 408 g/mol. The van der Waals surface area contributed by atoms with Gasteiger partial charge in [-0.3, -0.25) is 9.78 Å². The summed E-state index contributed by atoms with van der Waals surface area (Å²) < 4.78 is 5.60. The van der Waals surface area contributed by atoms with Gasteiger partial charge in [0.25, 0.3) is 5.22 Å². The zero-order valence-electron chi connectivity index (χ0n) is 14.7. The first kappa shape index (κ1) is 18.4. The number of benzene rings is 1. The van der Waals surface area contributed by atoms with Crippen LogP contribution in [0, 0.1) is 0 Å². The van der Waals surface area contributed by atoms with Crippen LogP contribution in [0.1, 0.15) is 16.5 Å². The minimum atomic E-state index is -0.178. The quantitative estimate of drug-likeness (QED) is 0.462. The first-order valence-corrected chi connectivity index (χ1v) is 10.4. The molecule has 0 aliphatic rings. The largest absolute Gasteiger partial charge is 0.411 e. The summed E-state index contributed by atoms with van der Waals surface area (Å²) in [6.45, 7) is 0. The average Bonchev–Trinajstić information content (AvgIpc) is 3.44. The van der Waals surface area contributed by atoms with Gasteiger partial charge in [0.2, 0.25) is 11.8 Å². The topological polar surface area (TPSA) is 80.9 Å². The van der Waals surface area contributed by atoms with Gasteiger partial charge < -0.3 is 9.73 Å². The van der Waals surface area contributed by atoms with Gasteiger partial charge in [-0.15, -0.1) is 21.5 Å². The molecule has 0 aliphatic heterocycles. The van der Waals surface area contributed by atoms with E-state index < -0.39 is 0 Å². The molecular formula is C20H16N4O2S2. The molecule has 6 nitrogen and oxygen atoms in total. The molecule has 1 N–H and O–H groups in total. The first-order valence-electron chi connectivity index (χ1n) is 8.54. The fraction of sp³-hybridized carbons (Fsp3) is 0.100. The van der Waals surface area contributed by atoms with Crippen molar-refractivity contribution in [2.75, 3.05) is 5.75 Å². The van der Waals surface area contributed by atoms with Crippen LogP contribution in [0.25, 0.3) is 11.5 Å². The summed E-state index contributed by atoms with van der Waals surface area (Å²) in [5.74, 6) is 0.466. The van der Waals surface area contributed by atoms with Gasteiger partial charge in [-0.1, -0.05) is 48.2 Å². The van der Waals surface area contributed by atoms with Crippen molar-refractivity contribution in [1.29, 1.82) is 0 Å². The molecule has 4 aromatic rings. The zero-order chi connectivity index (χ0) is 19.2. The van der Waals surface area contributed by atoms with Crippen molar-refractivity contribution in [1.82, 2.24) is 20.5 Å². The Morgan fingerprint density at radius 2 is 2.00 bits per heavy atom. The lowest BCUT2D eigenvalue weighted by atomic mass is 10.1. The summed E-state index contributed by atoms with van der Waals surface area (Å²) in [5.41, 5.74) is 1.79. The lowest BCUT2D eigenvalue weighted by Crippen LogP contribution is -2.30. The van der Waals surface area contributed by atoms with E-state index in [-0.39, 0.29) is 17.7 Å². The smallest absolute Gasteiger partial charge is 0.277 e. The van der Waals surface area contributed by atoms with E-state index in [0.29, 0.717) is 11.1 Å². The van der Waals surface area contributed by atoms with Crippen molar-refractivity contribution in [3.05, 3.63) is 82.8 Å². The summed E-state index contributed by atoms with van der Waals surface area (Å²) >= 11 is 2.82. The normalized spacial score (nSPS) is 11.9. The second kappa shape index (κ2) is 8.81. The molecule has 0 fully saturated rings. The maximum absolute atomic E-state index is 12.5. The van der Waals surface area contributed by atoms with Gasteiger partial charge in [-0.25, -0.2) is 0 Å². The zero-order valence-corrected chi connectivity index (χ0v) is 16.3. The van der Waals surface area contributed by atoms with Crippen molar-refractivity contribution >= 4 is 29.0 Å². The molecule has 140 valence electrons. The highest BCUT2D eigenvalue weighted by molar-refractivity contribution is 7.99. The van der Waals surface area contributed by atoms with Crippen LogP contribution in [-0.2, 0) is 4.79 Å². The molecule has 8 heteroatoms. The number of nitrogens with zero attached hydrogens (tertiary/aromatic N) is 3. The lowest BCUT2D eigenvalue weighted by Gasteiger charge is -2.17. The van der Waals surface area contributed by atoms with Gasteiger partial charge in [0.15, 0.2) is 0 Å². The SMILES string of the molecule is O=C(CSc1nnc(-c2cccnc2)o1)NC(c1ccccc1)c1cccs1. The summed E-state index contributed by atoms with van der Waals surface area (Å²) in [6.07, 6.45) is 3.33. The van der Waals surface area contributed by atoms with Crippen LogP contribution in [0.3, 0.4) is 0 Å². The van der Waals surface area contributed by atoms with Crippen LogP contribution in [0.15, 0.2) is 82.0 Å². The third kappa shape index (κ3) is 4.47. The molecule has 0 radical (unpaired) electrons. The number of hydrogen-bond acceptors (Lipinski definition) is 7. The highest BCUT2D eigenvalue weighted by atomic mass is 32.2. The summed E-state index contributed by atoms with van der Waals surface area (Å²) in [4.78, 5) is 17.7. The third-order valence-corrected chi connectivity index (χ3v) is 5.66. The van der Waals surface area contributed by atoms with E-state index in [2.05, 4.69) is 20.5 Å². The first-order chi connectivity index (χ1) is 13.8. The van der Waals surface area contributed by atoms with Crippen LogP contribution in [0.2, 0.25) is 0 Å². The Labute approximate surface area is 170 Å². The molecule has 4 rings (SSSR count). The van der Waals surface area contributed by atoms with Gasteiger partial charge in [0, 0.05) is 17.3 Å². The molecule has 0 saturated heterocycles. The predicted molar refractivity (Wildman–Crippen MR) is 109 cm³/mol. The number of pyridine rings is 1. The average molecular weight is 409 g/mol. The number of carbonyl (C=O) groups is 1. The van der Waals surface area contributed by atoms with E-state index >= 15 is 0 Å². The number of hydrogen-bond donors (Lipinski definition) is 1. The number of amides is 1. The molecule has 0 bridgehead atoms. The van der Waals surface area contributed by atoms with Gasteiger partial charge in [0.05, 0.1) is 17.4 Å². The lowest BCUT2D eigenvalue weighted by molar-refractivity contribution is -0.119. The number of nitrogens with one attached hydrogen (secondary N) is 1. The number of thioether (sulfide) groups is 1. The Balaban J connectivity index is 1.40. The van der Waals surface area contributed by atoms with E-state index in [4.69, 9.17) is 4.42 Å². The molecule has 3 heterocycles. The molecule has 1 amide bonds. The molecule has 0 spiro atoms. The van der Waals surface area contributed by atoms with E-state index in [1.165, 1.54) is 11.8 Å². The van der Waals surface area contributed by atoms with Crippen LogP contribution in [0.5, 0.6) is 0 Å². The van der Waals surface area contributed by atoms with Crippen molar-refractivity contribution < 1.29 is 9.21 Å². The summed E-state index contributed by atoms with van der Waals surface area (Å²) in [6, 6.07) is 17.4. The maximum Gasteiger partial charge on any atom is 0.277 e. The minimum Gasteiger partial charge on any atom is -0.411 e. The maximum atomic E-state index is 12.5. The predicted octanol–water partition coefficient (Wildman–Crippen LogP) is 4.19. The Kier molecular flexibility index (Phi) is 5.79. The Hall–Kier alpha value is -2.97. The number of thiophene rings is 1. The standard InChI is InChI=1S/C20H16N4O2S2/c25-17(13-28-20-24-23-19(26-20)15-8-4-10-21-12-15)22-18(16-9-5-11-27-16)14-6-2-1-3-7-14/h1-12,18H,13H2,(H,22,25). The van der Waals surface area contributed by atoms with Crippen molar-refractivity contribution in [2.45, 2.75) is 11.3 Å². The molecule has 28 heavy (non-hydrogen) atoms. The fourth-order valence-electron chi connectivity index (χ4n) is 2.62. The molecule has 1 atom stereocenters. The van der Waals surface area contributed by atoms with E-state index in [9.17, 15) is 4.79 Å². The number of rotatable bonds is 7. The van der Waals surface area contributed by atoms with Gasteiger partial charge in [0.1, 0.15) is 0 Å². The van der Waals surface area contributed by atoms with E-state index in [1.807, 2.05) is 53.9 Å². The highest BCUT2D eigenvalue weighted by Gasteiger charge is 2.18. The van der Waals surface area contributed by atoms with E-state index in [0.717, 1.165) is 16.0 Å². The Morgan fingerprint density at radius 3 is 2.75 bits per heavy atom. The molecule has 0 saturated carbocycles. The molecule has 3 aromatic heterocycles. The Morgan fingerprint density at radius 1 is 1.11 bits per heavy atom. The van der Waals surface area contributed by atoms with Crippen LogP contribution >= 0.6 is 23.1 Å². The van der Waals surface area contributed by atoms with Crippen LogP contribution < -0.4 is 5.32 Å². The second-order valence-corrected chi connectivity index (χ2v) is 7.74. The van der Waals surface area contributed by atoms with Gasteiger partial charge in [-0.2, -0.15) is 0 Å². The fourth-order valence-corrected chi connectivity index (χ4v) is 4.00. The number of carbonyl (C=O) groups excluding carboxylic acids is 1. The molecule has 0 aliphatic carbocycles. The number of aromatic nitrogens is 3. The molecule has 1 aromatic carbocycles. The molecular weight excluding hydrogens is 392 g/mol. The molecule has 1 unspecified atom stereocenters. The van der Waals surface area contributed by atoms with Gasteiger partial charge >= 0.3 is 0 Å². The third-order valence-electron chi connectivity index (χ3n) is 3.91. The summed E-state index contributed by atoms with van der Waals surface area (Å²) in [5, 5.41) is 13.4. The van der Waals surface area contributed by atoms with Crippen LogP contribution in [-0.4, -0.2) is 26.8 Å².